The third-order valence-corrected chi connectivity index (χ3v) is 3.81. The number of aliphatic hydroxyl groups is 1. The Morgan fingerprint density at radius 1 is 1.33 bits per heavy atom. The third kappa shape index (κ3) is 2.87. The maximum atomic E-state index is 13.5. The van der Waals surface area contributed by atoms with Crippen LogP contribution in [0, 0.1) is 17.0 Å². The maximum absolute atomic E-state index is 13.5. The minimum Gasteiger partial charge on any atom is -0.396 e. The van der Waals surface area contributed by atoms with Gasteiger partial charge in [-0.05, 0) is 26.0 Å². The van der Waals surface area contributed by atoms with E-state index in [4.69, 9.17) is 0 Å². The van der Waals surface area contributed by atoms with Crippen LogP contribution in [0.5, 0.6) is 0 Å². The van der Waals surface area contributed by atoms with Crippen molar-refractivity contribution in [2.45, 2.75) is 25.8 Å². The molecule has 0 spiro atoms. The lowest BCUT2D eigenvalue weighted by Crippen LogP contribution is -2.43. The molecule has 0 amide bonds. The molecule has 1 N–H and O–H groups in total. The SMILES string of the molecule is CN(Cc1ccc(F)cc1F)CC1(CO)CCC1. The second-order valence-corrected chi connectivity index (χ2v) is 5.42. The highest BCUT2D eigenvalue weighted by atomic mass is 19.1. The normalized spacial score (nSPS) is 17.8. The molecular weight excluding hydrogens is 236 g/mol. The van der Waals surface area contributed by atoms with Gasteiger partial charge in [0.2, 0.25) is 0 Å². The predicted octanol–water partition coefficient (Wildman–Crippen LogP) is 2.56. The van der Waals surface area contributed by atoms with E-state index in [0.717, 1.165) is 31.9 Å². The second-order valence-electron chi connectivity index (χ2n) is 5.42. The van der Waals surface area contributed by atoms with Gasteiger partial charge in [0.15, 0.2) is 0 Å². The van der Waals surface area contributed by atoms with E-state index in [2.05, 4.69) is 0 Å². The Bertz CT molecular complexity index is 413. The fourth-order valence-corrected chi connectivity index (χ4v) is 2.61. The number of hydrogen-bond donors (Lipinski definition) is 1. The Balaban J connectivity index is 1.96. The molecule has 0 radical (unpaired) electrons. The zero-order valence-corrected chi connectivity index (χ0v) is 10.6. The Hall–Kier alpha value is -1.00. The van der Waals surface area contributed by atoms with Gasteiger partial charge in [-0.2, -0.15) is 0 Å². The first-order valence-corrected chi connectivity index (χ1v) is 6.28. The molecule has 0 aliphatic heterocycles. The number of hydrogen-bond acceptors (Lipinski definition) is 2. The van der Waals surface area contributed by atoms with Gasteiger partial charge < -0.3 is 10.0 Å². The molecule has 4 heteroatoms. The fourth-order valence-electron chi connectivity index (χ4n) is 2.61. The summed E-state index contributed by atoms with van der Waals surface area (Å²) in [5.74, 6) is -1.06. The Morgan fingerprint density at radius 2 is 2.06 bits per heavy atom. The van der Waals surface area contributed by atoms with E-state index >= 15 is 0 Å². The van der Waals surface area contributed by atoms with Crippen LogP contribution in [0.3, 0.4) is 0 Å². The van der Waals surface area contributed by atoms with Crippen LogP contribution in [0.4, 0.5) is 8.78 Å². The van der Waals surface area contributed by atoms with Crippen LogP contribution in [0.15, 0.2) is 18.2 Å². The summed E-state index contributed by atoms with van der Waals surface area (Å²) in [6, 6.07) is 3.67. The molecule has 1 aromatic rings. The molecule has 0 atom stereocenters. The van der Waals surface area contributed by atoms with Crippen molar-refractivity contribution in [2.75, 3.05) is 20.2 Å². The summed E-state index contributed by atoms with van der Waals surface area (Å²) in [6.45, 7) is 1.37. The van der Waals surface area contributed by atoms with Gasteiger partial charge in [-0.3, -0.25) is 0 Å². The monoisotopic (exact) mass is 255 g/mol. The number of rotatable bonds is 5. The summed E-state index contributed by atoms with van der Waals surface area (Å²) < 4.78 is 26.3. The minimum atomic E-state index is -0.551. The lowest BCUT2D eigenvalue weighted by Gasteiger charge is -2.43. The van der Waals surface area contributed by atoms with Gasteiger partial charge in [-0.15, -0.1) is 0 Å². The molecule has 0 heterocycles. The van der Waals surface area contributed by atoms with Gasteiger partial charge in [0.25, 0.3) is 0 Å². The molecule has 0 saturated heterocycles. The van der Waals surface area contributed by atoms with E-state index in [0.29, 0.717) is 12.1 Å². The first-order chi connectivity index (χ1) is 8.54. The molecule has 1 fully saturated rings. The standard InChI is InChI=1S/C14H19F2NO/c1-17(9-14(10-18)5-2-6-14)8-11-3-4-12(15)7-13(11)16/h3-4,7,18H,2,5-6,8-10H2,1H3. The lowest BCUT2D eigenvalue weighted by atomic mass is 9.69. The second kappa shape index (κ2) is 5.33. The summed E-state index contributed by atoms with van der Waals surface area (Å²) in [5.41, 5.74) is 0.483. The van der Waals surface area contributed by atoms with Crippen molar-refractivity contribution in [3.63, 3.8) is 0 Å². The molecule has 1 aliphatic carbocycles. The van der Waals surface area contributed by atoms with Crippen molar-refractivity contribution >= 4 is 0 Å². The molecular formula is C14H19F2NO. The molecule has 1 aliphatic rings. The lowest BCUT2D eigenvalue weighted by molar-refractivity contribution is 0.0125. The van der Waals surface area contributed by atoms with E-state index in [-0.39, 0.29) is 12.0 Å². The molecule has 0 aromatic heterocycles. The Kier molecular flexibility index (Phi) is 3.97. The van der Waals surface area contributed by atoms with E-state index in [9.17, 15) is 13.9 Å². The molecule has 2 rings (SSSR count). The van der Waals surface area contributed by atoms with Crippen LogP contribution < -0.4 is 0 Å². The minimum absolute atomic E-state index is 0.00867. The molecule has 1 aromatic carbocycles. The predicted molar refractivity (Wildman–Crippen MR) is 66.1 cm³/mol. The van der Waals surface area contributed by atoms with Crippen LogP contribution in [0.1, 0.15) is 24.8 Å². The largest absolute Gasteiger partial charge is 0.396 e. The van der Waals surface area contributed by atoms with Crippen LogP contribution in [0.25, 0.3) is 0 Å². The van der Waals surface area contributed by atoms with Gasteiger partial charge in [-0.25, -0.2) is 8.78 Å². The fraction of sp³-hybridized carbons (Fsp3) is 0.571. The Morgan fingerprint density at radius 3 is 2.56 bits per heavy atom. The smallest absolute Gasteiger partial charge is 0.130 e. The average Bonchev–Trinajstić information content (AvgIpc) is 2.27. The zero-order chi connectivity index (χ0) is 13.2. The van der Waals surface area contributed by atoms with Gasteiger partial charge in [0.05, 0.1) is 0 Å². The molecule has 18 heavy (non-hydrogen) atoms. The van der Waals surface area contributed by atoms with Crippen LogP contribution in [-0.2, 0) is 6.54 Å². The molecule has 100 valence electrons. The number of benzene rings is 1. The van der Waals surface area contributed by atoms with Gasteiger partial charge >= 0.3 is 0 Å². The summed E-state index contributed by atoms with van der Waals surface area (Å²) in [4.78, 5) is 1.99. The van der Waals surface area contributed by atoms with Crippen molar-refractivity contribution < 1.29 is 13.9 Å². The summed E-state index contributed by atoms with van der Waals surface area (Å²) in [6.07, 6.45) is 3.21. The van der Waals surface area contributed by atoms with Crippen LogP contribution in [-0.4, -0.2) is 30.2 Å². The van der Waals surface area contributed by atoms with Crippen LogP contribution >= 0.6 is 0 Å². The molecule has 1 saturated carbocycles. The maximum Gasteiger partial charge on any atom is 0.130 e. The van der Waals surface area contributed by atoms with Crippen LogP contribution in [0.2, 0.25) is 0 Å². The highest BCUT2D eigenvalue weighted by Gasteiger charge is 2.37. The molecule has 0 bridgehead atoms. The van der Waals surface area contributed by atoms with Gasteiger partial charge in [-0.1, -0.05) is 12.5 Å². The van der Waals surface area contributed by atoms with E-state index in [1.807, 2.05) is 11.9 Å². The van der Waals surface area contributed by atoms with Gasteiger partial charge in [0.1, 0.15) is 11.6 Å². The Labute approximate surface area is 106 Å². The molecule has 0 unspecified atom stereocenters. The van der Waals surface area contributed by atoms with E-state index in [1.165, 1.54) is 12.1 Å². The van der Waals surface area contributed by atoms with Crippen molar-refractivity contribution in [3.8, 4) is 0 Å². The van der Waals surface area contributed by atoms with Crippen molar-refractivity contribution in [1.82, 2.24) is 4.90 Å². The topological polar surface area (TPSA) is 23.5 Å². The summed E-state index contributed by atoms with van der Waals surface area (Å²) in [7, 11) is 1.90. The molecule has 2 nitrogen and oxygen atoms in total. The first kappa shape index (κ1) is 13.4. The first-order valence-electron chi connectivity index (χ1n) is 6.28. The number of nitrogens with zero attached hydrogens (tertiary/aromatic N) is 1. The number of halogens is 2. The zero-order valence-electron chi connectivity index (χ0n) is 10.6. The van der Waals surface area contributed by atoms with Gasteiger partial charge in [0, 0.05) is 36.7 Å². The summed E-state index contributed by atoms with van der Waals surface area (Å²) >= 11 is 0. The quantitative estimate of drug-likeness (QED) is 0.874. The van der Waals surface area contributed by atoms with Crippen molar-refractivity contribution in [1.29, 1.82) is 0 Å². The third-order valence-electron chi connectivity index (χ3n) is 3.81. The summed E-state index contributed by atoms with van der Waals surface area (Å²) in [5, 5.41) is 9.39. The van der Waals surface area contributed by atoms with Crippen molar-refractivity contribution in [2.24, 2.45) is 5.41 Å². The van der Waals surface area contributed by atoms with E-state index < -0.39 is 11.6 Å². The highest BCUT2D eigenvalue weighted by Crippen LogP contribution is 2.41. The average molecular weight is 255 g/mol. The number of aliphatic hydroxyl groups excluding tert-OH is 1. The highest BCUT2D eigenvalue weighted by molar-refractivity contribution is 5.18. The van der Waals surface area contributed by atoms with Crippen molar-refractivity contribution in [3.05, 3.63) is 35.4 Å². The van der Waals surface area contributed by atoms with E-state index in [1.54, 1.807) is 0 Å².